The third-order valence-corrected chi connectivity index (χ3v) is 4.09. The zero-order valence-electron chi connectivity index (χ0n) is 14.0. The fourth-order valence-electron chi connectivity index (χ4n) is 2.76. The van der Waals surface area contributed by atoms with Gasteiger partial charge in [0.1, 0.15) is 5.82 Å². The lowest BCUT2D eigenvalue weighted by atomic mass is 10.1. The average molecular weight is 322 g/mol. The molecule has 3 rings (SSSR count). The molecule has 24 heavy (non-hydrogen) atoms. The second-order valence-electron chi connectivity index (χ2n) is 5.73. The third kappa shape index (κ3) is 3.56. The van der Waals surface area contributed by atoms with Crippen molar-refractivity contribution in [3.8, 4) is 0 Å². The minimum atomic E-state index is -0.193. The van der Waals surface area contributed by atoms with Gasteiger partial charge >= 0.3 is 6.03 Å². The van der Waals surface area contributed by atoms with Crippen molar-refractivity contribution in [2.24, 2.45) is 0 Å². The van der Waals surface area contributed by atoms with Gasteiger partial charge in [0.2, 0.25) is 0 Å². The molecule has 2 aromatic carbocycles. The molecule has 0 saturated carbocycles. The first-order valence-corrected chi connectivity index (χ1v) is 8.23. The molecular weight excluding hydrogens is 300 g/mol. The summed E-state index contributed by atoms with van der Waals surface area (Å²) in [6.45, 7) is 5.32. The van der Waals surface area contributed by atoms with Gasteiger partial charge in [-0.3, -0.25) is 0 Å². The maximum atomic E-state index is 12.0. The highest BCUT2D eigenvalue weighted by atomic mass is 16.2. The maximum absolute atomic E-state index is 12.0. The van der Waals surface area contributed by atoms with Gasteiger partial charge in [0.25, 0.3) is 0 Å². The van der Waals surface area contributed by atoms with Gasteiger partial charge < -0.3 is 15.2 Å². The van der Waals surface area contributed by atoms with E-state index in [2.05, 4.69) is 27.1 Å². The highest BCUT2D eigenvalue weighted by Crippen LogP contribution is 2.15. The second-order valence-corrected chi connectivity index (χ2v) is 5.73. The summed E-state index contributed by atoms with van der Waals surface area (Å²) in [5.74, 6) is 0.952. The summed E-state index contributed by atoms with van der Waals surface area (Å²) in [7, 11) is 0. The van der Waals surface area contributed by atoms with Gasteiger partial charge in [0, 0.05) is 18.8 Å². The molecule has 2 amide bonds. The SMILES string of the molecule is CCc1ccc(NC(=O)NCCn2c(C)nc3ccccc32)cc1. The Morgan fingerprint density at radius 1 is 1.12 bits per heavy atom. The van der Waals surface area contributed by atoms with E-state index in [-0.39, 0.29) is 6.03 Å². The Kier molecular flexibility index (Phi) is 4.79. The van der Waals surface area contributed by atoms with Crippen LogP contribution in [0.15, 0.2) is 48.5 Å². The summed E-state index contributed by atoms with van der Waals surface area (Å²) in [4.78, 5) is 16.5. The highest BCUT2D eigenvalue weighted by Gasteiger charge is 2.07. The number of carbonyl (C=O) groups excluding carboxylic acids is 1. The van der Waals surface area contributed by atoms with Crippen LogP contribution < -0.4 is 10.6 Å². The largest absolute Gasteiger partial charge is 0.336 e. The van der Waals surface area contributed by atoms with E-state index in [1.165, 1.54) is 5.56 Å². The van der Waals surface area contributed by atoms with E-state index in [9.17, 15) is 4.79 Å². The molecule has 0 bridgehead atoms. The number of nitrogens with one attached hydrogen (secondary N) is 2. The van der Waals surface area contributed by atoms with Crippen LogP contribution in [-0.2, 0) is 13.0 Å². The number of amides is 2. The van der Waals surface area contributed by atoms with Gasteiger partial charge in [-0.05, 0) is 43.2 Å². The number of rotatable bonds is 5. The summed E-state index contributed by atoms with van der Waals surface area (Å²) < 4.78 is 2.12. The van der Waals surface area contributed by atoms with Crippen molar-refractivity contribution in [3.63, 3.8) is 0 Å². The molecule has 0 spiro atoms. The quantitative estimate of drug-likeness (QED) is 0.752. The van der Waals surface area contributed by atoms with E-state index >= 15 is 0 Å². The van der Waals surface area contributed by atoms with Crippen LogP contribution in [0.2, 0.25) is 0 Å². The molecule has 2 N–H and O–H groups in total. The zero-order chi connectivity index (χ0) is 16.9. The van der Waals surface area contributed by atoms with E-state index in [0.29, 0.717) is 13.1 Å². The Labute approximate surface area is 141 Å². The number of benzene rings is 2. The number of carbonyl (C=O) groups is 1. The molecule has 0 unspecified atom stereocenters. The topological polar surface area (TPSA) is 59.0 Å². The van der Waals surface area contributed by atoms with Crippen molar-refractivity contribution in [1.82, 2.24) is 14.9 Å². The number of aryl methyl sites for hydroxylation is 2. The smallest absolute Gasteiger partial charge is 0.319 e. The Balaban J connectivity index is 1.55. The Morgan fingerprint density at radius 2 is 1.88 bits per heavy atom. The molecule has 1 heterocycles. The van der Waals surface area contributed by atoms with Crippen LogP contribution in [0.5, 0.6) is 0 Å². The molecule has 5 nitrogen and oxygen atoms in total. The molecule has 0 radical (unpaired) electrons. The van der Waals surface area contributed by atoms with E-state index < -0.39 is 0 Å². The van der Waals surface area contributed by atoms with Crippen molar-refractivity contribution in [3.05, 3.63) is 59.9 Å². The van der Waals surface area contributed by atoms with E-state index in [1.54, 1.807) is 0 Å². The fraction of sp³-hybridized carbons (Fsp3) is 0.263. The number of aromatic nitrogens is 2. The second kappa shape index (κ2) is 7.17. The van der Waals surface area contributed by atoms with Gasteiger partial charge in [0.05, 0.1) is 11.0 Å². The van der Waals surface area contributed by atoms with Crippen molar-refractivity contribution in [2.45, 2.75) is 26.8 Å². The van der Waals surface area contributed by atoms with Crippen LogP contribution in [-0.4, -0.2) is 22.1 Å². The summed E-state index contributed by atoms with van der Waals surface area (Å²) in [5, 5.41) is 5.74. The normalized spacial score (nSPS) is 10.8. The van der Waals surface area contributed by atoms with Gasteiger partial charge in [-0.1, -0.05) is 31.2 Å². The number of para-hydroxylation sites is 2. The molecule has 5 heteroatoms. The first-order valence-electron chi connectivity index (χ1n) is 8.23. The van der Waals surface area contributed by atoms with E-state index in [4.69, 9.17) is 0 Å². The molecule has 0 aliphatic rings. The van der Waals surface area contributed by atoms with Crippen molar-refractivity contribution < 1.29 is 4.79 Å². The lowest BCUT2D eigenvalue weighted by molar-refractivity contribution is 0.251. The van der Waals surface area contributed by atoms with Gasteiger partial charge in [0.15, 0.2) is 0 Å². The molecule has 1 aromatic heterocycles. The first kappa shape index (κ1) is 16.1. The first-order chi connectivity index (χ1) is 11.7. The Morgan fingerprint density at radius 3 is 2.62 bits per heavy atom. The van der Waals surface area contributed by atoms with Crippen LogP contribution in [0.25, 0.3) is 11.0 Å². The van der Waals surface area contributed by atoms with Crippen molar-refractivity contribution in [2.75, 3.05) is 11.9 Å². The molecular formula is C19H22N4O. The summed E-state index contributed by atoms with van der Waals surface area (Å²) >= 11 is 0. The standard InChI is InChI=1S/C19H22N4O/c1-3-15-8-10-16(11-9-15)22-19(24)20-12-13-23-14(2)21-17-6-4-5-7-18(17)23/h4-11H,3,12-13H2,1-2H3,(H2,20,22,24). The lowest BCUT2D eigenvalue weighted by Crippen LogP contribution is -2.31. The van der Waals surface area contributed by atoms with Crippen molar-refractivity contribution >= 4 is 22.8 Å². The van der Waals surface area contributed by atoms with Gasteiger partial charge in [-0.2, -0.15) is 0 Å². The molecule has 124 valence electrons. The number of hydrogen-bond donors (Lipinski definition) is 2. The number of fused-ring (bicyclic) bond motifs is 1. The fourth-order valence-corrected chi connectivity index (χ4v) is 2.76. The molecule has 0 fully saturated rings. The van der Waals surface area contributed by atoms with Crippen LogP contribution in [0.4, 0.5) is 10.5 Å². The number of nitrogens with zero attached hydrogens (tertiary/aromatic N) is 2. The molecule has 0 aliphatic heterocycles. The predicted molar refractivity (Wildman–Crippen MR) is 97.3 cm³/mol. The number of urea groups is 1. The minimum Gasteiger partial charge on any atom is -0.336 e. The molecule has 0 atom stereocenters. The van der Waals surface area contributed by atoms with E-state index in [0.717, 1.165) is 29.0 Å². The predicted octanol–water partition coefficient (Wildman–Crippen LogP) is 3.73. The summed E-state index contributed by atoms with van der Waals surface area (Å²) in [6, 6.07) is 15.7. The minimum absolute atomic E-state index is 0.193. The zero-order valence-corrected chi connectivity index (χ0v) is 14.0. The Bertz CT molecular complexity index is 836. The summed E-state index contributed by atoms with van der Waals surface area (Å²) in [6.07, 6.45) is 0.991. The number of imidazole rings is 1. The van der Waals surface area contributed by atoms with Gasteiger partial charge in [-0.25, -0.2) is 9.78 Å². The number of anilines is 1. The monoisotopic (exact) mass is 322 g/mol. The highest BCUT2D eigenvalue weighted by molar-refractivity contribution is 5.89. The van der Waals surface area contributed by atoms with Crippen LogP contribution in [0.3, 0.4) is 0 Å². The van der Waals surface area contributed by atoms with Crippen LogP contribution in [0, 0.1) is 6.92 Å². The van der Waals surface area contributed by atoms with Crippen molar-refractivity contribution in [1.29, 1.82) is 0 Å². The average Bonchev–Trinajstić information content (AvgIpc) is 2.91. The van der Waals surface area contributed by atoms with Crippen LogP contribution in [0.1, 0.15) is 18.3 Å². The molecule has 3 aromatic rings. The summed E-state index contributed by atoms with van der Waals surface area (Å²) in [5.41, 5.74) is 4.13. The number of hydrogen-bond acceptors (Lipinski definition) is 2. The molecule has 0 saturated heterocycles. The van der Waals surface area contributed by atoms with Crippen LogP contribution >= 0.6 is 0 Å². The molecule has 0 aliphatic carbocycles. The van der Waals surface area contributed by atoms with E-state index in [1.807, 2.05) is 55.5 Å². The Hall–Kier alpha value is -2.82. The third-order valence-electron chi connectivity index (χ3n) is 4.09. The van der Waals surface area contributed by atoms with Gasteiger partial charge in [-0.15, -0.1) is 0 Å². The lowest BCUT2D eigenvalue weighted by Gasteiger charge is -2.10. The maximum Gasteiger partial charge on any atom is 0.319 e.